The van der Waals surface area contributed by atoms with Gasteiger partial charge in [0.25, 0.3) is 0 Å². The summed E-state index contributed by atoms with van der Waals surface area (Å²) >= 11 is 0. The number of allylic oxidation sites excluding steroid dienone is 1. The van der Waals surface area contributed by atoms with Gasteiger partial charge in [-0.1, -0.05) is 6.08 Å². The predicted octanol–water partition coefficient (Wildman–Crippen LogP) is 1.42. The molecule has 11 heavy (non-hydrogen) atoms. The quantitative estimate of drug-likeness (QED) is 0.460. The molecule has 0 heterocycles. The molecule has 0 amide bonds. The van der Waals surface area contributed by atoms with Gasteiger partial charge in [-0.15, -0.1) is 0 Å². The van der Waals surface area contributed by atoms with Crippen molar-refractivity contribution < 1.29 is 10.0 Å². The average molecular weight is 155 g/mol. The third kappa shape index (κ3) is 1.58. The van der Waals surface area contributed by atoms with E-state index in [0.29, 0.717) is 12.0 Å². The molecule has 0 fully saturated rings. The van der Waals surface area contributed by atoms with E-state index in [2.05, 4.69) is 0 Å². The molecular formula is C7H9NO3. The second-order valence-electron chi connectivity index (χ2n) is 2.53. The topological polar surface area (TPSA) is 63.4 Å². The molecule has 1 atom stereocenters. The molecular weight excluding hydrogens is 146 g/mol. The summed E-state index contributed by atoms with van der Waals surface area (Å²) in [4.78, 5) is 9.82. The molecule has 1 aliphatic rings. The lowest BCUT2D eigenvalue weighted by Crippen LogP contribution is -2.19. The Balaban J connectivity index is 2.77. The Labute approximate surface area is 64.0 Å². The Morgan fingerprint density at radius 3 is 2.91 bits per heavy atom. The van der Waals surface area contributed by atoms with Crippen molar-refractivity contribution in [2.75, 3.05) is 0 Å². The monoisotopic (exact) mass is 155 g/mol. The van der Waals surface area contributed by atoms with Gasteiger partial charge in [0, 0.05) is 17.4 Å². The number of nitrogens with zero attached hydrogens (tertiary/aromatic N) is 1. The van der Waals surface area contributed by atoms with E-state index in [-0.39, 0.29) is 5.76 Å². The van der Waals surface area contributed by atoms with Crippen molar-refractivity contribution in [2.24, 2.45) is 0 Å². The molecule has 0 aliphatic heterocycles. The van der Waals surface area contributed by atoms with Crippen LogP contribution in [0.5, 0.6) is 0 Å². The molecule has 1 unspecified atom stereocenters. The molecule has 0 spiro atoms. The van der Waals surface area contributed by atoms with Gasteiger partial charge in [-0.2, -0.15) is 0 Å². The van der Waals surface area contributed by atoms with Gasteiger partial charge in [0.1, 0.15) is 5.76 Å². The highest BCUT2D eigenvalue weighted by molar-refractivity contribution is 5.27. The van der Waals surface area contributed by atoms with Crippen LogP contribution in [0.2, 0.25) is 0 Å². The van der Waals surface area contributed by atoms with Gasteiger partial charge >= 0.3 is 0 Å². The third-order valence-corrected chi connectivity index (χ3v) is 1.69. The first-order valence-electron chi connectivity index (χ1n) is 3.32. The third-order valence-electron chi connectivity index (χ3n) is 1.69. The SMILES string of the molecule is CC1=CCC([N+](=O)[O-])C=C1O. The fourth-order valence-corrected chi connectivity index (χ4v) is 0.931. The highest BCUT2D eigenvalue weighted by Crippen LogP contribution is 2.17. The first-order chi connectivity index (χ1) is 5.11. The fraction of sp³-hybridized carbons (Fsp3) is 0.429. The molecule has 1 N–H and O–H groups in total. The molecule has 0 aromatic carbocycles. The predicted molar refractivity (Wildman–Crippen MR) is 39.9 cm³/mol. The Morgan fingerprint density at radius 1 is 1.82 bits per heavy atom. The number of rotatable bonds is 1. The summed E-state index contributed by atoms with van der Waals surface area (Å²) in [7, 11) is 0. The second-order valence-corrected chi connectivity index (χ2v) is 2.53. The van der Waals surface area contributed by atoms with Gasteiger partial charge in [0.05, 0.1) is 0 Å². The molecule has 4 nitrogen and oxygen atoms in total. The molecule has 0 saturated heterocycles. The van der Waals surface area contributed by atoms with Gasteiger partial charge in [-0.3, -0.25) is 10.1 Å². The zero-order chi connectivity index (χ0) is 8.43. The molecule has 0 saturated carbocycles. The first-order valence-corrected chi connectivity index (χ1v) is 3.32. The highest BCUT2D eigenvalue weighted by Gasteiger charge is 2.20. The van der Waals surface area contributed by atoms with E-state index in [0.717, 1.165) is 0 Å². The van der Waals surface area contributed by atoms with Gasteiger partial charge in [0.2, 0.25) is 6.04 Å². The minimum Gasteiger partial charge on any atom is -0.508 e. The van der Waals surface area contributed by atoms with Crippen LogP contribution in [-0.2, 0) is 0 Å². The van der Waals surface area contributed by atoms with Crippen LogP contribution in [0, 0.1) is 10.1 Å². The van der Waals surface area contributed by atoms with Gasteiger partial charge in [0.15, 0.2) is 0 Å². The van der Waals surface area contributed by atoms with E-state index in [9.17, 15) is 10.1 Å². The van der Waals surface area contributed by atoms with Crippen molar-refractivity contribution >= 4 is 0 Å². The Bertz CT molecular complexity index is 242. The summed E-state index contributed by atoms with van der Waals surface area (Å²) in [6.45, 7) is 1.72. The highest BCUT2D eigenvalue weighted by atomic mass is 16.6. The van der Waals surface area contributed by atoms with Crippen molar-refractivity contribution in [1.82, 2.24) is 0 Å². The van der Waals surface area contributed by atoms with Crippen LogP contribution < -0.4 is 0 Å². The summed E-state index contributed by atoms with van der Waals surface area (Å²) in [5, 5.41) is 19.3. The second kappa shape index (κ2) is 2.74. The first kappa shape index (κ1) is 7.78. The normalized spacial score (nSPS) is 23.9. The van der Waals surface area contributed by atoms with Crippen LogP contribution in [0.3, 0.4) is 0 Å². The zero-order valence-corrected chi connectivity index (χ0v) is 6.15. The zero-order valence-electron chi connectivity index (χ0n) is 6.15. The Hall–Kier alpha value is -1.32. The number of aliphatic hydroxyl groups excluding tert-OH is 1. The molecule has 0 bridgehead atoms. The fourth-order valence-electron chi connectivity index (χ4n) is 0.931. The van der Waals surface area contributed by atoms with Gasteiger partial charge in [-0.25, -0.2) is 0 Å². The maximum atomic E-state index is 10.2. The number of aliphatic hydroxyl groups is 1. The summed E-state index contributed by atoms with van der Waals surface area (Å²) in [6.07, 6.45) is 3.32. The maximum Gasteiger partial charge on any atom is 0.238 e. The van der Waals surface area contributed by atoms with E-state index in [1.54, 1.807) is 13.0 Å². The van der Waals surface area contributed by atoms with Crippen LogP contribution >= 0.6 is 0 Å². The van der Waals surface area contributed by atoms with Crippen LogP contribution in [0.1, 0.15) is 13.3 Å². The smallest absolute Gasteiger partial charge is 0.238 e. The largest absolute Gasteiger partial charge is 0.508 e. The van der Waals surface area contributed by atoms with Crippen molar-refractivity contribution in [3.05, 3.63) is 33.6 Å². The summed E-state index contributed by atoms with van der Waals surface area (Å²) in [5.74, 6) is 0.0259. The van der Waals surface area contributed by atoms with E-state index >= 15 is 0 Å². The van der Waals surface area contributed by atoms with Crippen molar-refractivity contribution in [2.45, 2.75) is 19.4 Å². The van der Waals surface area contributed by atoms with E-state index in [4.69, 9.17) is 5.11 Å². The van der Waals surface area contributed by atoms with Crippen LogP contribution in [0.4, 0.5) is 0 Å². The van der Waals surface area contributed by atoms with E-state index in [1.165, 1.54) is 6.08 Å². The molecule has 0 aromatic heterocycles. The lowest BCUT2D eigenvalue weighted by atomic mass is 10.0. The number of hydrogen-bond acceptors (Lipinski definition) is 3. The molecule has 4 heteroatoms. The van der Waals surface area contributed by atoms with Crippen molar-refractivity contribution in [1.29, 1.82) is 0 Å². The van der Waals surface area contributed by atoms with Gasteiger partial charge < -0.3 is 5.11 Å². The molecule has 1 rings (SSSR count). The maximum absolute atomic E-state index is 10.2. The van der Waals surface area contributed by atoms with Crippen LogP contribution in [0.15, 0.2) is 23.5 Å². The number of hydrogen-bond donors (Lipinski definition) is 1. The Kier molecular flexibility index (Phi) is 1.94. The van der Waals surface area contributed by atoms with Crippen molar-refractivity contribution in [3.63, 3.8) is 0 Å². The minimum absolute atomic E-state index is 0.0259. The summed E-state index contributed by atoms with van der Waals surface area (Å²) < 4.78 is 0. The van der Waals surface area contributed by atoms with Crippen LogP contribution in [-0.4, -0.2) is 16.1 Å². The number of nitro groups is 1. The summed E-state index contributed by atoms with van der Waals surface area (Å²) in [6, 6.07) is -0.751. The summed E-state index contributed by atoms with van der Waals surface area (Å²) in [5.41, 5.74) is 0.711. The standard InChI is InChI=1S/C7H9NO3/c1-5-2-3-6(8(10)11)4-7(5)9/h2,4,6,9H,3H2,1H3. The molecule has 1 aliphatic carbocycles. The lowest BCUT2D eigenvalue weighted by molar-refractivity contribution is -0.508. The average Bonchev–Trinajstić information content (AvgIpc) is 1.94. The van der Waals surface area contributed by atoms with E-state index < -0.39 is 11.0 Å². The van der Waals surface area contributed by atoms with Gasteiger partial charge in [-0.05, 0) is 12.5 Å². The van der Waals surface area contributed by atoms with Crippen LogP contribution in [0.25, 0.3) is 0 Å². The minimum atomic E-state index is -0.751. The molecule has 60 valence electrons. The Morgan fingerprint density at radius 2 is 2.45 bits per heavy atom. The molecule has 0 radical (unpaired) electrons. The lowest BCUT2D eigenvalue weighted by Gasteiger charge is -2.09. The van der Waals surface area contributed by atoms with Crippen molar-refractivity contribution in [3.8, 4) is 0 Å². The molecule has 0 aromatic rings. The van der Waals surface area contributed by atoms with E-state index in [1.807, 2.05) is 0 Å².